The molecule has 2 aromatic rings. The second-order valence-corrected chi connectivity index (χ2v) is 6.16. The summed E-state index contributed by atoms with van der Waals surface area (Å²) < 4.78 is 10.5. The van der Waals surface area contributed by atoms with Crippen LogP contribution in [-0.2, 0) is 11.2 Å². The van der Waals surface area contributed by atoms with E-state index in [0.717, 1.165) is 11.1 Å². The zero-order valence-corrected chi connectivity index (χ0v) is 15.8. The fraction of sp³-hybridized carbons (Fsp3) is 0.300. The van der Waals surface area contributed by atoms with Crippen LogP contribution in [0.2, 0.25) is 0 Å². The Morgan fingerprint density at radius 3 is 2.12 bits per heavy atom. The molecule has 6 heteroatoms. The van der Waals surface area contributed by atoms with E-state index in [1.807, 2.05) is 31.2 Å². The number of nitrogens with one attached hydrogen (secondary N) is 1. The summed E-state index contributed by atoms with van der Waals surface area (Å²) in [5.41, 5.74) is 2.75. The predicted octanol–water partition coefficient (Wildman–Crippen LogP) is 2.90. The molecule has 26 heavy (non-hydrogen) atoms. The van der Waals surface area contributed by atoms with Gasteiger partial charge in [-0.1, -0.05) is 29.8 Å². The number of amides is 2. The fourth-order valence-corrected chi connectivity index (χ4v) is 2.49. The van der Waals surface area contributed by atoms with Crippen molar-refractivity contribution in [3.05, 3.63) is 53.1 Å². The molecule has 138 valence electrons. The molecule has 6 nitrogen and oxygen atoms in total. The van der Waals surface area contributed by atoms with E-state index in [9.17, 15) is 9.59 Å². The number of carbonyl (C=O) groups excluding carboxylic acids is 2. The van der Waals surface area contributed by atoms with Crippen molar-refractivity contribution in [2.75, 3.05) is 33.6 Å². The van der Waals surface area contributed by atoms with Crippen LogP contribution in [0.4, 0.5) is 5.69 Å². The summed E-state index contributed by atoms with van der Waals surface area (Å²) in [4.78, 5) is 26.4. The van der Waals surface area contributed by atoms with Gasteiger partial charge >= 0.3 is 0 Å². The molecular weight excluding hydrogens is 332 g/mol. The highest BCUT2D eigenvalue weighted by Crippen LogP contribution is 2.34. The zero-order chi connectivity index (χ0) is 19.3. The highest BCUT2D eigenvalue weighted by Gasteiger charge is 2.20. The third kappa shape index (κ3) is 4.53. The summed E-state index contributed by atoms with van der Waals surface area (Å²) in [5.74, 6) is 0.410. The van der Waals surface area contributed by atoms with E-state index in [1.165, 1.54) is 19.1 Å². The minimum Gasteiger partial charge on any atom is -0.493 e. The van der Waals surface area contributed by atoms with Crippen molar-refractivity contribution in [1.29, 1.82) is 0 Å². The molecular formula is C20H24N2O4. The summed E-state index contributed by atoms with van der Waals surface area (Å²) in [7, 11) is 6.30. The number of methoxy groups -OCH3 is 2. The normalized spacial score (nSPS) is 10.2. The third-order valence-electron chi connectivity index (χ3n) is 3.92. The summed E-state index contributed by atoms with van der Waals surface area (Å²) in [6, 6.07) is 10.9. The lowest BCUT2D eigenvalue weighted by Gasteiger charge is -2.18. The van der Waals surface area contributed by atoms with Gasteiger partial charge in [-0.25, -0.2) is 0 Å². The number of carbonyl (C=O) groups is 2. The number of hydrogen-bond donors (Lipinski definition) is 1. The number of nitrogens with zero attached hydrogens (tertiary/aromatic N) is 1. The van der Waals surface area contributed by atoms with Gasteiger partial charge in [0.1, 0.15) is 0 Å². The lowest BCUT2D eigenvalue weighted by atomic mass is 10.1. The lowest BCUT2D eigenvalue weighted by molar-refractivity contribution is -0.115. The molecule has 0 spiro atoms. The Morgan fingerprint density at radius 1 is 1.00 bits per heavy atom. The molecule has 0 aliphatic heterocycles. The molecule has 0 atom stereocenters. The number of hydrogen-bond acceptors (Lipinski definition) is 4. The highest BCUT2D eigenvalue weighted by molar-refractivity contribution is 6.04. The maximum Gasteiger partial charge on any atom is 0.255 e. The Morgan fingerprint density at radius 2 is 1.58 bits per heavy atom. The fourth-order valence-electron chi connectivity index (χ4n) is 2.49. The van der Waals surface area contributed by atoms with E-state index < -0.39 is 0 Å². The van der Waals surface area contributed by atoms with Crippen molar-refractivity contribution in [2.45, 2.75) is 13.3 Å². The van der Waals surface area contributed by atoms with Crippen molar-refractivity contribution >= 4 is 17.5 Å². The minimum atomic E-state index is -0.239. The largest absolute Gasteiger partial charge is 0.493 e. The first-order valence-electron chi connectivity index (χ1n) is 8.18. The molecule has 0 heterocycles. The van der Waals surface area contributed by atoms with Crippen molar-refractivity contribution in [1.82, 2.24) is 4.90 Å². The molecule has 0 aliphatic carbocycles. The average Bonchev–Trinajstić information content (AvgIpc) is 2.62. The minimum absolute atomic E-state index is 0.213. The van der Waals surface area contributed by atoms with E-state index in [1.54, 1.807) is 26.2 Å². The van der Waals surface area contributed by atoms with Crippen LogP contribution in [0, 0.1) is 6.92 Å². The van der Waals surface area contributed by atoms with Gasteiger partial charge in [0, 0.05) is 20.2 Å². The zero-order valence-electron chi connectivity index (χ0n) is 15.8. The van der Waals surface area contributed by atoms with Crippen molar-refractivity contribution < 1.29 is 19.1 Å². The summed E-state index contributed by atoms with van der Waals surface area (Å²) >= 11 is 0. The maximum absolute atomic E-state index is 12.5. The van der Waals surface area contributed by atoms with E-state index >= 15 is 0 Å². The molecule has 0 saturated heterocycles. The Labute approximate surface area is 153 Å². The van der Waals surface area contributed by atoms with E-state index in [-0.39, 0.29) is 18.2 Å². The highest BCUT2D eigenvalue weighted by atomic mass is 16.5. The van der Waals surface area contributed by atoms with Gasteiger partial charge in [0.25, 0.3) is 5.91 Å². The molecule has 1 N–H and O–H groups in total. The molecule has 2 aromatic carbocycles. The second-order valence-electron chi connectivity index (χ2n) is 6.16. The van der Waals surface area contributed by atoms with E-state index in [2.05, 4.69) is 5.32 Å². The predicted molar refractivity (Wildman–Crippen MR) is 101 cm³/mol. The number of benzene rings is 2. The first kappa shape index (κ1) is 19.3. The SMILES string of the molecule is COc1cc(NC(=O)Cc2ccc(C)cc2)c(C(=O)N(C)C)cc1OC. The van der Waals surface area contributed by atoms with Crippen LogP contribution in [0.3, 0.4) is 0 Å². The Bertz CT molecular complexity index is 798. The Balaban J connectivity index is 2.31. The number of anilines is 1. The van der Waals surface area contributed by atoms with Gasteiger partial charge in [-0.3, -0.25) is 9.59 Å². The second kappa shape index (κ2) is 8.38. The first-order chi connectivity index (χ1) is 12.3. The summed E-state index contributed by atoms with van der Waals surface area (Å²) in [6.45, 7) is 1.99. The molecule has 0 aliphatic rings. The Kier molecular flexibility index (Phi) is 6.22. The molecule has 0 aromatic heterocycles. The molecule has 0 unspecified atom stereocenters. The monoisotopic (exact) mass is 356 g/mol. The van der Waals surface area contributed by atoms with Crippen LogP contribution < -0.4 is 14.8 Å². The first-order valence-corrected chi connectivity index (χ1v) is 8.18. The summed E-state index contributed by atoms with van der Waals surface area (Å²) in [6.07, 6.45) is 0.213. The van der Waals surface area contributed by atoms with Crippen LogP contribution in [0.25, 0.3) is 0 Å². The van der Waals surface area contributed by atoms with Crippen LogP contribution in [0.15, 0.2) is 36.4 Å². The van der Waals surface area contributed by atoms with Crippen LogP contribution >= 0.6 is 0 Å². The van der Waals surface area contributed by atoms with Crippen molar-refractivity contribution in [3.63, 3.8) is 0 Å². The topological polar surface area (TPSA) is 67.9 Å². The Hall–Kier alpha value is -3.02. The molecule has 0 fully saturated rings. The van der Waals surface area contributed by atoms with Crippen molar-refractivity contribution in [3.8, 4) is 11.5 Å². The smallest absolute Gasteiger partial charge is 0.255 e. The van der Waals surface area contributed by atoms with Gasteiger partial charge < -0.3 is 19.7 Å². The van der Waals surface area contributed by atoms with Crippen molar-refractivity contribution in [2.24, 2.45) is 0 Å². The maximum atomic E-state index is 12.5. The third-order valence-corrected chi connectivity index (χ3v) is 3.92. The molecule has 0 bridgehead atoms. The number of aryl methyl sites for hydroxylation is 1. The quantitative estimate of drug-likeness (QED) is 0.864. The van der Waals surface area contributed by atoms with Crippen LogP contribution in [-0.4, -0.2) is 45.0 Å². The molecule has 2 rings (SSSR count). The van der Waals surface area contributed by atoms with Gasteiger partial charge in [-0.15, -0.1) is 0 Å². The van der Waals surface area contributed by atoms with E-state index in [0.29, 0.717) is 22.7 Å². The van der Waals surface area contributed by atoms with E-state index in [4.69, 9.17) is 9.47 Å². The van der Waals surface area contributed by atoms with Crippen LogP contribution in [0.1, 0.15) is 21.5 Å². The number of ether oxygens (including phenoxy) is 2. The molecule has 0 radical (unpaired) electrons. The standard InChI is InChI=1S/C20H24N2O4/c1-13-6-8-14(9-7-13)10-19(23)21-16-12-18(26-5)17(25-4)11-15(16)20(24)22(2)3/h6-9,11-12H,10H2,1-5H3,(H,21,23). The molecule has 0 saturated carbocycles. The van der Waals surface area contributed by atoms with Crippen LogP contribution in [0.5, 0.6) is 11.5 Å². The van der Waals surface area contributed by atoms with Gasteiger partial charge in [0.15, 0.2) is 11.5 Å². The van der Waals surface area contributed by atoms with Gasteiger partial charge in [-0.2, -0.15) is 0 Å². The molecule has 2 amide bonds. The van der Waals surface area contributed by atoms with Gasteiger partial charge in [0.2, 0.25) is 5.91 Å². The average molecular weight is 356 g/mol. The van der Waals surface area contributed by atoms with Gasteiger partial charge in [-0.05, 0) is 18.6 Å². The lowest BCUT2D eigenvalue weighted by Crippen LogP contribution is -2.24. The van der Waals surface area contributed by atoms with Gasteiger partial charge in [0.05, 0.1) is 31.9 Å². The number of rotatable bonds is 6. The summed E-state index contributed by atoms with van der Waals surface area (Å²) in [5, 5.41) is 2.81.